The number of carbonyl (C=O) groups excluding carboxylic acids is 2. The van der Waals surface area contributed by atoms with E-state index in [0.29, 0.717) is 36.2 Å². The molecule has 0 unspecified atom stereocenters. The van der Waals surface area contributed by atoms with Crippen molar-refractivity contribution in [2.45, 2.75) is 51.4 Å². The van der Waals surface area contributed by atoms with Gasteiger partial charge in [-0.15, -0.1) is 0 Å². The summed E-state index contributed by atoms with van der Waals surface area (Å²) in [6.45, 7) is 0. The minimum absolute atomic E-state index is 0.309. The van der Waals surface area contributed by atoms with Crippen molar-refractivity contribution in [2.75, 3.05) is 0 Å². The molecule has 2 aliphatic rings. The van der Waals surface area contributed by atoms with E-state index in [1.54, 1.807) is 0 Å². The minimum Gasteiger partial charge on any atom is -0.299 e. The second-order valence-electron chi connectivity index (χ2n) is 4.69. The minimum atomic E-state index is 0.309. The van der Waals surface area contributed by atoms with Crippen LogP contribution in [0.1, 0.15) is 51.4 Å². The molecule has 0 bridgehead atoms. The highest BCUT2D eigenvalue weighted by molar-refractivity contribution is 5.88. The van der Waals surface area contributed by atoms with E-state index in [1.165, 1.54) is 12.8 Å². The van der Waals surface area contributed by atoms with Crippen molar-refractivity contribution in [1.82, 2.24) is 0 Å². The first kappa shape index (κ1) is 9.88. The number of ketones is 2. The molecule has 0 heterocycles. The van der Waals surface area contributed by atoms with Gasteiger partial charge in [0, 0.05) is 24.7 Å². The van der Waals surface area contributed by atoms with Crippen molar-refractivity contribution >= 4 is 11.6 Å². The van der Waals surface area contributed by atoms with E-state index < -0.39 is 0 Å². The zero-order chi connectivity index (χ0) is 9.97. The topological polar surface area (TPSA) is 34.1 Å². The molecule has 0 spiro atoms. The number of carbonyl (C=O) groups is 2. The van der Waals surface area contributed by atoms with Crippen LogP contribution in [0.2, 0.25) is 0 Å². The van der Waals surface area contributed by atoms with Crippen LogP contribution >= 0.6 is 0 Å². The molecule has 0 aromatic carbocycles. The molecule has 2 nitrogen and oxygen atoms in total. The number of rotatable bonds is 5. The van der Waals surface area contributed by atoms with E-state index in [0.717, 1.165) is 25.7 Å². The van der Waals surface area contributed by atoms with Gasteiger partial charge in [-0.2, -0.15) is 0 Å². The lowest BCUT2D eigenvalue weighted by Crippen LogP contribution is -2.25. The molecular formula is C12H18O2. The quantitative estimate of drug-likeness (QED) is 0.674. The predicted octanol–water partition coefficient (Wildman–Crippen LogP) is 2.51. The molecule has 0 amide bonds. The molecule has 0 aromatic heterocycles. The van der Waals surface area contributed by atoms with Crippen LogP contribution in [0.15, 0.2) is 0 Å². The Bertz CT molecular complexity index is 211. The lowest BCUT2D eigenvalue weighted by Gasteiger charge is -2.25. The second-order valence-corrected chi connectivity index (χ2v) is 4.69. The van der Waals surface area contributed by atoms with E-state index in [4.69, 9.17) is 0 Å². The highest BCUT2D eigenvalue weighted by Gasteiger charge is 2.28. The molecule has 14 heavy (non-hydrogen) atoms. The van der Waals surface area contributed by atoms with Crippen LogP contribution in [0.5, 0.6) is 0 Å². The van der Waals surface area contributed by atoms with Gasteiger partial charge in [0.15, 0.2) is 0 Å². The van der Waals surface area contributed by atoms with E-state index in [2.05, 4.69) is 0 Å². The monoisotopic (exact) mass is 194 g/mol. The third-order valence-electron chi connectivity index (χ3n) is 3.74. The summed E-state index contributed by atoms with van der Waals surface area (Å²) in [4.78, 5) is 23.0. The average Bonchev–Trinajstić information content (AvgIpc) is 1.94. The van der Waals surface area contributed by atoms with Gasteiger partial charge in [0.05, 0.1) is 0 Å². The highest BCUT2D eigenvalue weighted by atomic mass is 16.1. The first-order valence-corrected chi connectivity index (χ1v) is 5.83. The Labute approximate surface area is 85.1 Å². The smallest absolute Gasteiger partial charge is 0.136 e. The molecule has 2 fully saturated rings. The van der Waals surface area contributed by atoms with Gasteiger partial charge in [-0.1, -0.05) is 12.8 Å². The number of hydrogen-bond donors (Lipinski definition) is 0. The molecule has 0 N–H and O–H groups in total. The van der Waals surface area contributed by atoms with Crippen LogP contribution in [0.25, 0.3) is 0 Å². The Morgan fingerprint density at radius 3 is 1.36 bits per heavy atom. The van der Waals surface area contributed by atoms with Crippen LogP contribution in [-0.2, 0) is 9.59 Å². The van der Waals surface area contributed by atoms with Crippen molar-refractivity contribution < 1.29 is 9.59 Å². The molecule has 78 valence electrons. The standard InChI is InChI=1S/C12H18O2/c13-11(9-3-1-4-9)7-8-12(14)10-5-2-6-10/h9-10H,1-8H2. The van der Waals surface area contributed by atoms with Gasteiger partial charge >= 0.3 is 0 Å². The summed E-state index contributed by atoms with van der Waals surface area (Å²) in [6.07, 6.45) is 7.69. The first-order valence-electron chi connectivity index (χ1n) is 5.83. The molecule has 0 radical (unpaired) electrons. The highest BCUT2D eigenvalue weighted by Crippen LogP contribution is 2.31. The fourth-order valence-corrected chi connectivity index (χ4v) is 2.12. The Morgan fingerprint density at radius 1 is 0.786 bits per heavy atom. The summed E-state index contributed by atoms with van der Waals surface area (Å²) in [5.41, 5.74) is 0. The van der Waals surface area contributed by atoms with Gasteiger partial charge in [-0.3, -0.25) is 9.59 Å². The third kappa shape index (κ3) is 2.05. The molecule has 0 aromatic rings. The van der Waals surface area contributed by atoms with Gasteiger partial charge in [-0.25, -0.2) is 0 Å². The van der Waals surface area contributed by atoms with Crippen molar-refractivity contribution in [3.8, 4) is 0 Å². The maximum atomic E-state index is 11.5. The lowest BCUT2D eigenvalue weighted by molar-refractivity contribution is -0.130. The molecule has 2 aliphatic carbocycles. The lowest BCUT2D eigenvalue weighted by atomic mass is 9.78. The van der Waals surface area contributed by atoms with Crippen molar-refractivity contribution in [3.05, 3.63) is 0 Å². The van der Waals surface area contributed by atoms with Gasteiger partial charge < -0.3 is 0 Å². The second kappa shape index (κ2) is 4.24. The first-order chi connectivity index (χ1) is 6.77. The van der Waals surface area contributed by atoms with Crippen molar-refractivity contribution in [3.63, 3.8) is 0 Å². The molecular weight excluding hydrogens is 176 g/mol. The Morgan fingerprint density at radius 2 is 1.14 bits per heavy atom. The van der Waals surface area contributed by atoms with Crippen molar-refractivity contribution in [2.24, 2.45) is 11.8 Å². The third-order valence-corrected chi connectivity index (χ3v) is 3.74. The van der Waals surface area contributed by atoms with Crippen LogP contribution < -0.4 is 0 Å². The Balaban J connectivity index is 1.65. The Kier molecular flexibility index (Phi) is 2.99. The summed E-state index contributed by atoms with van der Waals surface area (Å²) in [5, 5.41) is 0. The normalized spacial score (nSPS) is 22.6. The summed E-state index contributed by atoms with van der Waals surface area (Å²) in [5.74, 6) is 1.29. The van der Waals surface area contributed by atoms with Crippen molar-refractivity contribution in [1.29, 1.82) is 0 Å². The van der Waals surface area contributed by atoms with Crippen LogP contribution in [0, 0.1) is 11.8 Å². The average molecular weight is 194 g/mol. The number of hydrogen-bond acceptors (Lipinski definition) is 2. The molecule has 2 rings (SSSR count). The Hall–Kier alpha value is -0.660. The maximum absolute atomic E-state index is 11.5. The van der Waals surface area contributed by atoms with Crippen LogP contribution in [-0.4, -0.2) is 11.6 Å². The predicted molar refractivity (Wildman–Crippen MR) is 53.9 cm³/mol. The number of Topliss-reactive ketones (excluding diaryl/α,β-unsaturated/α-hetero) is 2. The van der Waals surface area contributed by atoms with Crippen LogP contribution in [0.3, 0.4) is 0 Å². The molecule has 2 heteroatoms. The molecule has 0 atom stereocenters. The summed E-state index contributed by atoms with van der Waals surface area (Å²) in [7, 11) is 0. The largest absolute Gasteiger partial charge is 0.299 e. The van der Waals surface area contributed by atoms with E-state index >= 15 is 0 Å². The van der Waals surface area contributed by atoms with Gasteiger partial charge in [-0.05, 0) is 25.7 Å². The summed E-state index contributed by atoms with van der Waals surface area (Å²) < 4.78 is 0. The fourth-order valence-electron chi connectivity index (χ4n) is 2.12. The summed E-state index contributed by atoms with van der Waals surface area (Å²) in [6, 6.07) is 0. The molecule has 0 saturated heterocycles. The van der Waals surface area contributed by atoms with Gasteiger partial charge in [0.1, 0.15) is 11.6 Å². The van der Waals surface area contributed by atoms with E-state index in [-0.39, 0.29) is 0 Å². The van der Waals surface area contributed by atoms with Gasteiger partial charge in [0.2, 0.25) is 0 Å². The zero-order valence-corrected chi connectivity index (χ0v) is 8.63. The SMILES string of the molecule is O=C(CCC(=O)C1CCC1)C1CCC1. The summed E-state index contributed by atoms with van der Waals surface area (Å²) >= 11 is 0. The maximum Gasteiger partial charge on any atom is 0.136 e. The van der Waals surface area contributed by atoms with Crippen LogP contribution in [0.4, 0.5) is 0 Å². The van der Waals surface area contributed by atoms with Gasteiger partial charge in [0.25, 0.3) is 0 Å². The fraction of sp³-hybridized carbons (Fsp3) is 0.833. The van der Waals surface area contributed by atoms with E-state index in [1.807, 2.05) is 0 Å². The van der Waals surface area contributed by atoms with E-state index in [9.17, 15) is 9.59 Å². The zero-order valence-electron chi connectivity index (χ0n) is 8.63. The molecule has 0 aliphatic heterocycles. The molecule has 2 saturated carbocycles.